The molecule has 1 aliphatic heterocycles. The smallest absolute Gasteiger partial charge is 0.228 e. The van der Waals surface area contributed by atoms with Crippen LogP contribution in [0.5, 0.6) is 0 Å². The van der Waals surface area contributed by atoms with Gasteiger partial charge in [0.25, 0.3) is 0 Å². The Balaban J connectivity index is 2.75. The Kier molecular flexibility index (Phi) is 1.89. The molecule has 6 N–H and O–H groups in total. The summed E-state index contributed by atoms with van der Waals surface area (Å²) in [5, 5.41) is 0. The average Bonchev–Trinajstić information content (AvgIpc) is 2.33. The number of nitrogens with two attached hydrogens (primary N) is 3. The Labute approximate surface area is 64.8 Å². The van der Waals surface area contributed by atoms with Gasteiger partial charge in [-0.25, -0.2) is 0 Å². The molecule has 1 rings (SSSR count). The molecule has 62 valence electrons. The molecule has 5 nitrogen and oxygen atoms in total. The number of carbonyl (C=O) groups excluding carboxylic acids is 1. The molecular formula is C6H12N4O. The second-order valence-electron chi connectivity index (χ2n) is 2.49. The van der Waals surface area contributed by atoms with Crippen molar-refractivity contribution in [2.75, 3.05) is 6.54 Å². The zero-order chi connectivity index (χ0) is 8.43. The summed E-state index contributed by atoms with van der Waals surface area (Å²) in [6.07, 6.45) is 1.36. The summed E-state index contributed by atoms with van der Waals surface area (Å²) < 4.78 is 0. The zero-order valence-electron chi connectivity index (χ0n) is 6.21. The van der Waals surface area contributed by atoms with Crippen molar-refractivity contribution in [3.63, 3.8) is 0 Å². The van der Waals surface area contributed by atoms with Gasteiger partial charge in [0.2, 0.25) is 5.91 Å². The zero-order valence-corrected chi connectivity index (χ0v) is 6.21. The Morgan fingerprint density at radius 1 is 1.36 bits per heavy atom. The molecule has 11 heavy (non-hydrogen) atoms. The van der Waals surface area contributed by atoms with Gasteiger partial charge in [-0.1, -0.05) is 0 Å². The molecule has 5 heteroatoms. The quantitative estimate of drug-likeness (QED) is 0.435. The molecule has 1 amide bonds. The first kappa shape index (κ1) is 7.71. The summed E-state index contributed by atoms with van der Waals surface area (Å²) in [5.74, 6) is 0.198. The number of likely N-dealkylation sites (tertiary alicyclic amines) is 1. The molecule has 0 aliphatic carbocycles. The maximum atomic E-state index is 11.0. The second kappa shape index (κ2) is 2.69. The van der Waals surface area contributed by atoms with Crippen LogP contribution in [0, 0.1) is 0 Å². The Bertz CT molecular complexity index is 207. The fraction of sp³-hybridized carbons (Fsp3) is 0.500. The van der Waals surface area contributed by atoms with Crippen molar-refractivity contribution in [2.24, 2.45) is 17.2 Å². The van der Waals surface area contributed by atoms with Crippen LogP contribution in [-0.4, -0.2) is 17.4 Å². The van der Waals surface area contributed by atoms with Crippen LogP contribution < -0.4 is 17.2 Å². The van der Waals surface area contributed by atoms with Gasteiger partial charge in [-0.05, 0) is 6.42 Å². The van der Waals surface area contributed by atoms with Gasteiger partial charge >= 0.3 is 0 Å². The van der Waals surface area contributed by atoms with Gasteiger partial charge in [0.05, 0.1) is 0 Å². The van der Waals surface area contributed by atoms with Crippen molar-refractivity contribution in [3.05, 3.63) is 11.6 Å². The van der Waals surface area contributed by atoms with E-state index in [1.165, 1.54) is 4.90 Å². The summed E-state index contributed by atoms with van der Waals surface area (Å²) >= 11 is 0. The second-order valence-corrected chi connectivity index (χ2v) is 2.49. The van der Waals surface area contributed by atoms with Crippen LogP contribution in [0.4, 0.5) is 0 Å². The molecule has 0 saturated carbocycles. The minimum absolute atomic E-state index is 0.00380. The standard InChI is InChI=1S/C6H12N4O/c7-5(8)6(9)10-3-1-2-4(10)11/h1-3,7-9H2. The van der Waals surface area contributed by atoms with Crippen LogP contribution in [0.15, 0.2) is 11.6 Å². The number of carbonyl (C=O) groups is 1. The summed E-state index contributed by atoms with van der Waals surface area (Å²) in [7, 11) is 0. The van der Waals surface area contributed by atoms with Crippen LogP contribution in [0.25, 0.3) is 0 Å². The third kappa shape index (κ3) is 1.36. The Morgan fingerprint density at radius 3 is 2.36 bits per heavy atom. The van der Waals surface area contributed by atoms with E-state index in [9.17, 15) is 4.79 Å². The van der Waals surface area contributed by atoms with Gasteiger partial charge in [0.1, 0.15) is 11.6 Å². The maximum Gasteiger partial charge on any atom is 0.228 e. The number of hydrogen-bond acceptors (Lipinski definition) is 4. The first-order chi connectivity index (χ1) is 5.13. The minimum atomic E-state index is -0.00380. The van der Waals surface area contributed by atoms with Crippen LogP contribution >= 0.6 is 0 Å². The number of hydrogen-bond donors (Lipinski definition) is 3. The van der Waals surface area contributed by atoms with Gasteiger partial charge in [0, 0.05) is 13.0 Å². The summed E-state index contributed by atoms with van der Waals surface area (Å²) in [4.78, 5) is 12.4. The van der Waals surface area contributed by atoms with E-state index in [-0.39, 0.29) is 17.5 Å². The topological polar surface area (TPSA) is 98.4 Å². The van der Waals surface area contributed by atoms with Crippen molar-refractivity contribution in [1.82, 2.24) is 4.90 Å². The highest BCUT2D eigenvalue weighted by Crippen LogP contribution is 2.12. The van der Waals surface area contributed by atoms with Gasteiger partial charge in [-0.2, -0.15) is 0 Å². The van der Waals surface area contributed by atoms with E-state index in [1.807, 2.05) is 0 Å². The number of amides is 1. The van der Waals surface area contributed by atoms with Crippen molar-refractivity contribution >= 4 is 5.91 Å². The van der Waals surface area contributed by atoms with Crippen LogP contribution in [0.1, 0.15) is 12.8 Å². The molecule has 0 atom stereocenters. The summed E-state index contributed by atoms with van der Waals surface area (Å²) in [5.41, 5.74) is 15.9. The lowest BCUT2D eigenvalue weighted by Crippen LogP contribution is -2.33. The highest BCUT2D eigenvalue weighted by Gasteiger charge is 2.22. The third-order valence-electron chi connectivity index (χ3n) is 1.66. The van der Waals surface area contributed by atoms with Crippen molar-refractivity contribution in [3.8, 4) is 0 Å². The Morgan fingerprint density at radius 2 is 2.00 bits per heavy atom. The van der Waals surface area contributed by atoms with E-state index in [0.29, 0.717) is 13.0 Å². The molecule has 0 radical (unpaired) electrons. The van der Waals surface area contributed by atoms with Crippen molar-refractivity contribution in [2.45, 2.75) is 12.8 Å². The predicted molar refractivity (Wildman–Crippen MR) is 40.5 cm³/mol. The van der Waals surface area contributed by atoms with Crippen molar-refractivity contribution in [1.29, 1.82) is 0 Å². The fourth-order valence-corrected chi connectivity index (χ4v) is 1.06. The first-order valence-corrected chi connectivity index (χ1v) is 3.44. The Hall–Kier alpha value is -1.39. The van der Waals surface area contributed by atoms with Gasteiger partial charge in [-0.15, -0.1) is 0 Å². The molecule has 0 spiro atoms. The molecule has 0 bridgehead atoms. The molecule has 0 aromatic rings. The summed E-state index contributed by atoms with van der Waals surface area (Å²) in [6.45, 7) is 0.628. The molecular weight excluding hydrogens is 144 g/mol. The highest BCUT2D eigenvalue weighted by molar-refractivity contribution is 5.79. The van der Waals surface area contributed by atoms with E-state index < -0.39 is 0 Å². The van der Waals surface area contributed by atoms with Crippen LogP contribution in [0.2, 0.25) is 0 Å². The van der Waals surface area contributed by atoms with E-state index in [4.69, 9.17) is 17.2 Å². The number of nitrogens with zero attached hydrogens (tertiary/aromatic N) is 1. The highest BCUT2D eigenvalue weighted by atomic mass is 16.2. The lowest BCUT2D eigenvalue weighted by molar-refractivity contribution is -0.126. The third-order valence-corrected chi connectivity index (χ3v) is 1.66. The lowest BCUT2D eigenvalue weighted by Gasteiger charge is -2.15. The molecule has 0 aromatic carbocycles. The van der Waals surface area contributed by atoms with Gasteiger partial charge < -0.3 is 17.2 Å². The molecule has 1 saturated heterocycles. The maximum absolute atomic E-state index is 11.0. The monoisotopic (exact) mass is 156 g/mol. The average molecular weight is 156 g/mol. The lowest BCUT2D eigenvalue weighted by atomic mass is 10.4. The number of rotatable bonds is 1. The fourth-order valence-electron chi connectivity index (χ4n) is 1.06. The molecule has 1 heterocycles. The van der Waals surface area contributed by atoms with Crippen LogP contribution in [-0.2, 0) is 4.79 Å². The molecule has 0 unspecified atom stereocenters. The van der Waals surface area contributed by atoms with Gasteiger partial charge in [0.15, 0.2) is 0 Å². The minimum Gasteiger partial charge on any atom is -0.383 e. The first-order valence-electron chi connectivity index (χ1n) is 3.44. The van der Waals surface area contributed by atoms with Crippen LogP contribution in [0.3, 0.4) is 0 Å². The van der Waals surface area contributed by atoms with Crippen molar-refractivity contribution < 1.29 is 4.79 Å². The van der Waals surface area contributed by atoms with E-state index in [2.05, 4.69) is 0 Å². The summed E-state index contributed by atoms with van der Waals surface area (Å²) in [6, 6.07) is 0. The van der Waals surface area contributed by atoms with E-state index in [1.54, 1.807) is 0 Å². The predicted octanol–water partition coefficient (Wildman–Crippen LogP) is -1.39. The van der Waals surface area contributed by atoms with Gasteiger partial charge in [-0.3, -0.25) is 9.69 Å². The van der Waals surface area contributed by atoms with E-state index >= 15 is 0 Å². The molecule has 0 aromatic heterocycles. The molecule has 1 fully saturated rings. The SMILES string of the molecule is NC(N)=C(N)N1CCCC1=O. The van der Waals surface area contributed by atoms with E-state index in [0.717, 1.165) is 6.42 Å². The largest absolute Gasteiger partial charge is 0.383 e. The normalized spacial score (nSPS) is 17.1. The molecule has 1 aliphatic rings.